The summed E-state index contributed by atoms with van der Waals surface area (Å²) in [7, 11) is 0. The van der Waals surface area contributed by atoms with Crippen LogP contribution in [0.1, 0.15) is 64.7 Å². The lowest BCUT2D eigenvalue weighted by Crippen LogP contribution is -2.48. The van der Waals surface area contributed by atoms with Gasteiger partial charge in [0.25, 0.3) is 17.7 Å². The molecule has 1 heterocycles. The highest BCUT2D eigenvalue weighted by Gasteiger charge is 2.36. The molecule has 0 bridgehead atoms. The molecule has 0 fully saturated rings. The third-order valence-corrected chi connectivity index (χ3v) is 4.29. The predicted octanol–water partition coefficient (Wildman–Crippen LogP) is 1.31. The molecule has 0 saturated carbocycles. The average Bonchev–Trinajstić information content (AvgIpc) is 2.94. The molecule has 0 atom stereocenters. The number of imide groups is 1. The number of benzene rings is 1. The van der Waals surface area contributed by atoms with Gasteiger partial charge in [-0.15, -0.1) is 0 Å². The Kier molecular flexibility index (Phi) is 7.46. The standard InChI is InChI=1S/C20H24N2O7/c1-4-7-10-22-17(24)13-9-8-12(11-14(13)18(22)25)16(23)21-15(19(26)28-5-2)20(27)29-6-3/h8-9,11,15H,4-7,10H2,1-3H3,(H,21,23). The van der Waals surface area contributed by atoms with E-state index in [1.807, 2.05) is 6.92 Å². The van der Waals surface area contributed by atoms with Crippen molar-refractivity contribution < 1.29 is 33.4 Å². The Morgan fingerprint density at radius 3 is 2.10 bits per heavy atom. The van der Waals surface area contributed by atoms with E-state index in [1.54, 1.807) is 13.8 Å². The van der Waals surface area contributed by atoms with Crippen LogP contribution in [0.2, 0.25) is 0 Å². The minimum Gasteiger partial charge on any atom is -0.464 e. The van der Waals surface area contributed by atoms with Gasteiger partial charge in [-0.05, 0) is 38.5 Å². The summed E-state index contributed by atoms with van der Waals surface area (Å²) in [4.78, 5) is 62.6. The molecule has 0 spiro atoms. The number of carbonyl (C=O) groups excluding carboxylic acids is 5. The first-order valence-electron chi connectivity index (χ1n) is 9.50. The van der Waals surface area contributed by atoms with E-state index in [0.29, 0.717) is 13.0 Å². The normalized spacial score (nSPS) is 12.8. The summed E-state index contributed by atoms with van der Waals surface area (Å²) >= 11 is 0. The summed E-state index contributed by atoms with van der Waals surface area (Å²) in [5.41, 5.74) is 0.360. The van der Waals surface area contributed by atoms with Crippen LogP contribution in [0.5, 0.6) is 0 Å². The molecule has 0 saturated heterocycles. The van der Waals surface area contributed by atoms with Crippen LogP contribution in [0, 0.1) is 0 Å². The quantitative estimate of drug-likeness (QED) is 0.374. The third-order valence-electron chi connectivity index (χ3n) is 4.29. The van der Waals surface area contributed by atoms with Crippen molar-refractivity contribution >= 4 is 29.7 Å². The van der Waals surface area contributed by atoms with Crippen LogP contribution in [0.15, 0.2) is 18.2 Å². The SMILES string of the molecule is CCCCN1C(=O)c2ccc(C(=O)NC(C(=O)OCC)C(=O)OCC)cc2C1=O. The van der Waals surface area contributed by atoms with Crippen LogP contribution < -0.4 is 5.32 Å². The second-order valence-electron chi connectivity index (χ2n) is 6.29. The number of ether oxygens (including phenoxy) is 2. The van der Waals surface area contributed by atoms with Gasteiger partial charge in [-0.1, -0.05) is 13.3 Å². The third kappa shape index (κ3) is 4.79. The maximum absolute atomic E-state index is 12.6. The van der Waals surface area contributed by atoms with Crippen molar-refractivity contribution in [1.29, 1.82) is 0 Å². The zero-order valence-corrected chi connectivity index (χ0v) is 16.6. The van der Waals surface area contributed by atoms with E-state index in [-0.39, 0.29) is 29.9 Å². The molecule has 1 aliphatic heterocycles. The van der Waals surface area contributed by atoms with Crippen LogP contribution in [-0.4, -0.2) is 60.4 Å². The molecule has 0 aromatic heterocycles. The van der Waals surface area contributed by atoms with Crippen molar-refractivity contribution in [1.82, 2.24) is 10.2 Å². The maximum atomic E-state index is 12.6. The van der Waals surface area contributed by atoms with E-state index in [2.05, 4.69) is 5.32 Å². The van der Waals surface area contributed by atoms with E-state index in [1.165, 1.54) is 18.2 Å². The Morgan fingerprint density at radius 1 is 0.966 bits per heavy atom. The molecule has 0 radical (unpaired) electrons. The molecular weight excluding hydrogens is 380 g/mol. The molecule has 9 heteroatoms. The molecule has 9 nitrogen and oxygen atoms in total. The first kappa shape index (κ1) is 22.1. The fourth-order valence-corrected chi connectivity index (χ4v) is 2.83. The van der Waals surface area contributed by atoms with E-state index in [4.69, 9.17) is 9.47 Å². The number of carbonyl (C=O) groups is 5. The summed E-state index contributed by atoms with van der Waals surface area (Å²) < 4.78 is 9.61. The lowest BCUT2D eigenvalue weighted by molar-refractivity contribution is -0.157. The van der Waals surface area contributed by atoms with Gasteiger partial charge in [0.2, 0.25) is 6.04 Å². The predicted molar refractivity (Wildman–Crippen MR) is 101 cm³/mol. The fraction of sp³-hybridized carbons (Fsp3) is 0.450. The highest BCUT2D eigenvalue weighted by Crippen LogP contribution is 2.24. The van der Waals surface area contributed by atoms with Gasteiger partial charge in [0.1, 0.15) is 0 Å². The molecule has 0 unspecified atom stereocenters. The number of hydrogen-bond acceptors (Lipinski definition) is 7. The van der Waals surface area contributed by atoms with Crippen molar-refractivity contribution in [2.45, 2.75) is 39.7 Å². The lowest BCUT2D eigenvalue weighted by atomic mass is 10.0. The van der Waals surface area contributed by atoms with Gasteiger partial charge in [0, 0.05) is 12.1 Å². The molecule has 3 amide bonds. The average molecular weight is 404 g/mol. The molecule has 1 N–H and O–H groups in total. The molecular formula is C20H24N2O7. The first-order valence-corrected chi connectivity index (χ1v) is 9.50. The van der Waals surface area contributed by atoms with E-state index in [9.17, 15) is 24.0 Å². The number of unbranched alkanes of at least 4 members (excludes halogenated alkanes) is 1. The van der Waals surface area contributed by atoms with E-state index >= 15 is 0 Å². The van der Waals surface area contributed by atoms with Gasteiger partial charge in [0.15, 0.2) is 0 Å². The summed E-state index contributed by atoms with van der Waals surface area (Å²) in [6, 6.07) is 2.40. The molecule has 29 heavy (non-hydrogen) atoms. The van der Waals surface area contributed by atoms with Gasteiger partial charge in [-0.3, -0.25) is 19.3 Å². The zero-order valence-electron chi connectivity index (χ0n) is 16.6. The molecule has 0 aliphatic carbocycles. The van der Waals surface area contributed by atoms with Crippen molar-refractivity contribution in [3.05, 3.63) is 34.9 Å². The first-order chi connectivity index (χ1) is 13.8. The van der Waals surface area contributed by atoms with Crippen molar-refractivity contribution in [3.63, 3.8) is 0 Å². The van der Waals surface area contributed by atoms with Crippen LogP contribution >= 0.6 is 0 Å². The van der Waals surface area contributed by atoms with E-state index < -0.39 is 35.7 Å². The topological polar surface area (TPSA) is 119 Å². The van der Waals surface area contributed by atoms with Gasteiger partial charge >= 0.3 is 11.9 Å². The molecule has 2 rings (SSSR count). The van der Waals surface area contributed by atoms with E-state index in [0.717, 1.165) is 11.3 Å². The highest BCUT2D eigenvalue weighted by molar-refractivity contribution is 6.22. The minimum atomic E-state index is -1.63. The molecule has 1 aromatic carbocycles. The Bertz CT molecular complexity index is 816. The summed E-state index contributed by atoms with van der Waals surface area (Å²) in [6.07, 6.45) is 1.50. The van der Waals surface area contributed by atoms with Gasteiger partial charge in [-0.25, -0.2) is 9.59 Å². The number of amides is 3. The smallest absolute Gasteiger partial charge is 0.340 e. The van der Waals surface area contributed by atoms with Crippen molar-refractivity contribution in [2.75, 3.05) is 19.8 Å². The van der Waals surface area contributed by atoms with Gasteiger partial charge in [-0.2, -0.15) is 0 Å². The zero-order chi connectivity index (χ0) is 21.6. The van der Waals surface area contributed by atoms with Crippen LogP contribution in [0.3, 0.4) is 0 Å². The molecule has 1 aromatic rings. The Balaban J connectivity index is 2.23. The number of fused-ring (bicyclic) bond motifs is 1. The maximum Gasteiger partial charge on any atom is 0.340 e. The van der Waals surface area contributed by atoms with Gasteiger partial charge < -0.3 is 14.8 Å². The van der Waals surface area contributed by atoms with Gasteiger partial charge in [0.05, 0.1) is 24.3 Å². The Hall–Kier alpha value is -3.23. The summed E-state index contributed by atoms with van der Waals surface area (Å²) in [5.74, 6) is -3.54. The molecule has 156 valence electrons. The monoisotopic (exact) mass is 404 g/mol. The lowest BCUT2D eigenvalue weighted by Gasteiger charge is -2.16. The van der Waals surface area contributed by atoms with Crippen LogP contribution in [0.25, 0.3) is 0 Å². The van der Waals surface area contributed by atoms with Crippen LogP contribution in [0.4, 0.5) is 0 Å². The Morgan fingerprint density at radius 2 is 1.55 bits per heavy atom. The Labute approximate surface area is 168 Å². The van der Waals surface area contributed by atoms with Crippen molar-refractivity contribution in [3.8, 4) is 0 Å². The molecule has 1 aliphatic rings. The largest absolute Gasteiger partial charge is 0.464 e. The minimum absolute atomic E-state index is 0.0215. The number of nitrogens with zero attached hydrogens (tertiary/aromatic N) is 1. The number of esters is 2. The van der Waals surface area contributed by atoms with Crippen LogP contribution in [-0.2, 0) is 19.1 Å². The number of hydrogen-bond donors (Lipinski definition) is 1. The highest BCUT2D eigenvalue weighted by atomic mass is 16.6. The summed E-state index contributed by atoms with van der Waals surface area (Å²) in [6.45, 7) is 5.42. The second kappa shape index (κ2) is 9.81. The fourth-order valence-electron chi connectivity index (χ4n) is 2.83. The number of rotatable bonds is 9. The second-order valence-corrected chi connectivity index (χ2v) is 6.29. The van der Waals surface area contributed by atoms with Crippen molar-refractivity contribution in [2.24, 2.45) is 0 Å². The summed E-state index contributed by atoms with van der Waals surface area (Å²) in [5, 5.41) is 2.27. The number of nitrogens with one attached hydrogen (secondary N) is 1.